The Bertz CT molecular complexity index is 272. The van der Waals surface area contributed by atoms with E-state index in [1.165, 1.54) is 0 Å². The summed E-state index contributed by atoms with van der Waals surface area (Å²) in [5.74, 6) is -0.0229. The third kappa shape index (κ3) is 9.02. The van der Waals surface area contributed by atoms with Gasteiger partial charge in [0.25, 0.3) is 0 Å². The zero-order valence-corrected chi connectivity index (χ0v) is 18.3. The van der Waals surface area contributed by atoms with Crippen LogP contribution in [0.15, 0.2) is 0 Å². The van der Waals surface area contributed by atoms with Crippen LogP contribution in [0.25, 0.3) is 0 Å². The number of Topliss-reactive ketones (excluding diaryl/α,β-unsaturated/α-hetero) is 1. The molecule has 0 spiro atoms. The molecule has 0 radical (unpaired) electrons. The Morgan fingerprint density at radius 3 is 1.90 bits per heavy atom. The van der Waals surface area contributed by atoms with Gasteiger partial charge in [-0.3, -0.25) is 4.79 Å². The SMILES string of the molecule is [CH2-]CCC(CC[CH2-])OC(=O)NCC(=O)C(C)(C)C.[Cm].[Cm]. The van der Waals surface area contributed by atoms with Gasteiger partial charge in [0, 0.05) is 5.41 Å². The van der Waals surface area contributed by atoms with Gasteiger partial charge < -0.3 is 23.9 Å². The van der Waals surface area contributed by atoms with E-state index >= 15 is 0 Å². The van der Waals surface area contributed by atoms with Crippen LogP contribution < -0.4 is 5.32 Å². The molecule has 0 bridgehead atoms. The Balaban J connectivity index is -0.00000144. The Labute approximate surface area is 110 Å². The number of amides is 1. The van der Waals surface area contributed by atoms with Crippen LogP contribution in [0, 0.1) is 19.3 Å². The fourth-order valence-electron chi connectivity index (χ4n) is 1.33. The first-order valence-corrected chi connectivity index (χ1v) is 6.37. The molecule has 4 nitrogen and oxygen atoms in total. The average Bonchev–Trinajstić information content (AvgIpc) is 2.25. The minimum Gasteiger partial charge on any atom is -0.446 e. The summed E-state index contributed by atoms with van der Waals surface area (Å²) in [6, 6.07) is 0. The smallest absolute Gasteiger partial charge is 0.407 e. The quantitative estimate of drug-likeness (QED) is 0.408. The number of alkyl carbamates (subject to hydrolysis) is 1. The number of carbonyl (C=O) groups excluding carboxylic acids is 2. The minimum absolute atomic E-state index is 0. The van der Waals surface area contributed by atoms with Crippen LogP contribution in [0.5, 0.6) is 0 Å². The number of carbonyl (C=O) groups is 2. The number of hydrogen-bond acceptors (Lipinski definition) is 3. The molecule has 0 aliphatic heterocycles. The van der Waals surface area contributed by atoms with Crippen molar-refractivity contribution < 1.29 is 14.3 Å². The van der Waals surface area contributed by atoms with E-state index in [1.54, 1.807) is 0 Å². The van der Waals surface area contributed by atoms with Crippen LogP contribution in [0.3, 0.4) is 0 Å². The number of ether oxygens (including phenoxy) is 1. The van der Waals surface area contributed by atoms with Gasteiger partial charge in [-0.15, -0.1) is 0 Å². The van der Waals surface area contributed by atoms with Gasteiger partial charge in [0.1, 0.15) is 0 Å². The monoisotopic (exact) mass is 741 g/mol. The molecule has 0 unspecified atom stereocenters. The number of ketones is 1. The summed E-state index contributed by atoms with van der Waals surface area (Å²) >= 11 is 0. The van der Waals surface area contributed by atoms with Crippen LogP contribution in [0.2, 0.25) is 0 Å². The summed E-state index contributed by atoms with van der Waals surface area (Å²) < 4.78 is 5.21. The predicted molar refractivity (Wildman–Crippen MR) is 71.9 cm³/mol. The summed E-state index contributed by atoms with van der Waals surface area (Å²) in [6.07, 6.45) is 2.15. The van der Waals surface area contributed by atoms with Gasteiger partial charge in [-0.25, -0.2) is 4.79 Å². The molecule has 0 aromatic heterocycles. The molecule has 0 fully saturated rings. The molecular formula is C14H25Cm2NO3-2. The molecule has 122 valence electrons. The van der Waals surface area contributed by atoms with E-state index in [1.807, 2.05) is 20.8 Å². The number of hydrogen-bond donors (Lipinski definition) is 1. The molecule has 0 saturated carbocycles. The Morgan fingerprint density at radius 1 is 1.10 bits per heavy atom. The normalized spacial score (nSPS) is 10.3. The van der Waals surface area contributed by atoms with Crippen molar-refractivity contribution in [2.75, 3.05) is 6.54 Å². The van der Waals surface area contributed by atoms with Crippen molar-refractivity contribution in [3.63, 3.8) is 0 Å². The first-order valence-electron chi connectivity index (χ1n) is 6.37. The summed E-state index contributed by atoms with van der Waals surface area (Å²) in [6.45, 7) is 12.9. The fourth-order valence-corrected chi connectivity index (χ4v) is 1.33. The molecule has 6 heteroatoms. The molecule has 0 aliphatic rings. The summed E-state index contributed by atoms with van der Waals surface area (Å²) in [5, 5.41) is 2.48. The molecule has 0 heterocycles. The van der Waals surface area contributed by atoms with Gasteiger partial charge in [0.15, 0.2) is 5.78 Å². The van der Waals surface area contributed by atoms with Crippen LogP contribution in [-0.2, 0) is 9.53 Å². The summed E-state index contributed by atoms with van der Waals surface area (Å²) in [4.78, 5) is 23.1. The van der Waals surface area contributed by atoms with Gasteiger partial charge in [0.05, 0.1) is 12.6 Å². The Kier molecular flexibility index (Phi) is 11.0. The molecule has 0 saturated heterocycles. The largest absolute Gasteiger partial charge is 0.446 e. The van der Waals surface area contributed by atoms with Crippen molar-refractivity contribution in [1.29, 1.82) is 0 Å². The van der Waals surface area contributed by atoms with Gasteiger partial charge in [-0.05, 0) is 12.8 Å². The number of nitrogens with one attached hydrogen (secondary N) is 1. The van der Waals surface area contributed by atoms with Crippen molar-refractivity contribution in [2.24, 2.45) is 5.41 Å². The maximum atomic E-state index is 11.6. The molecule has 1 amide bonds. The van der Waals surface area contributed by atoms with Crippen molar-refractivity contribution in [2.45, 2.75) is 52.6 Å². The standard InChI is InChI=1S/C14H25NO3.2Cm/c1-6-8-11(9-7-2)18-13(17)15-10-12(16)14(3,4)5;;/h11H,1-2,6-10H2,3-5H3,(H,15,17);;/q-2;;. The average molecular weight is 749 g/mol. The van der Waals surface area contributed by atoms with E-state index in [-0.39, 0.29) is 18.4 Å². The Hall–Kier alpha value is -3.06. The van der Waals surface area contributed by atoms with Crippen molar-refractivity contribution >= 4 is 11.9 Å². The third-order valence-corrected chi connectivity index (χ3v) is 2.56. The predicted octanol–water partition coefficient (Wildman–Crippen LogP) is 2.92. The zero-order chi connectivity index (χ0) is 14.2. The van der Waals surface area contributed by atoms with E-state index in [0.717, 1.165) is 12.8 Å². The van der Waals surface area contributed by atoms with E-state index in [2.05, 4.69) is 19.2 Å². The zero-order valence-electron chi connectivity index (χ0n) is 12.5. The van der Waals surface area contributed by atoms with Crippen LogP contribution in [-0.4, -0.2) is 24.5 Å². The first-order chi connectivity index (χ1) is 8.31. The van der Waals surface area contributed by atoms with Crippen molar-refractivity contribution in [3.8, 4) is 0 Å². The van der Waals surface area contributed by atoms with Gasteiger partial charge in [-0.2, -0.15) is 12.8 Å². The second-order valence-electron chi connectivity index (χ2n) is 5.34. The van der Waals surface area contributed by atoms with Crippen LogP contribution >= 0.6 is 0 Å². The second-order valence-corrected chi connectivity index (χ2v) is 5.34. The molecule has 1 N–H and O–H groups in total. The van der Waals surface area contributed by atoms with E-state index < -0.39 is 11.5 Å². The van der Waals surface area contributed by atoms with Gasteiger partial charge >= 0.3 is 6.09 Å². The van der Waals surface area contributed by atoms with Crippen molar-refractivity contribution in [1.82, 2.24) is 5.32 Å². The maximum Gasteiger partial charge on any atom is 0.407 e. The van der Waals surface area contributed by atoms with E-state index in [4.69, 9.17) is 4.74 Å². The molecule has 0 aromatic carbocycles. The maximum absolute atomic E-state index is 11.6. The summed E-state index contributed by atoms with van der Waals surface area (Å²) in [5.41, 5.74) is -0.451. The fraction of sp³-hybridized carbons (Fsp3) is 0.714. The van der Waals surface area contributed by atoms with Crippen LogP contribution in [0.1, 0.15) is 46.5 Å². The summed E-state index contributed by atoms with van der Waals surface area (Å²) in [7, 11) is 0. The molecule has 0 aromatic rings. The van der Waals surface area contributed by atoms with E-state index in [0.29, 0.717) is 12.8 Å². The Morgan fingerprint density at radius 2 is 1.55 bits per heavy atom. The molecule has 0 aliphatic carbocycles. The van der Waals surface area contributed by atoms with Crippen LogP contribution in [0.4, 0.5) is 4.79 Å². The molecule has 20 heavy (non-hydrogen) atoms. The van der Waals surface area contributed by atoms with Gasteiger partial charge in [0.2, 0.25) is 0 Å². The minimum atomic E-state index is -0.542. The molecule has 0 rings (SSSR count). The third-order valence-electron chi connectivity index (χ3n) is 2.56. The van der Waals surface area contributed by atoms with Gasteiger partial charge in [-0.1, -0.05) is 20.8 Å². The van der Waals surface area contributed by atoms with E-state index in [9.17, 15) is 9.59 Å². The molecular weight excluding hydrogens is 724 g/mol. The second kappa shape index (κ2) is 9.92. The first kappa shape index (κ1) is 22.1. The topological polar surface area (TPSA) is 55.4 Å². The number of rotatable bonds is 7. The molecule has 0 atom stereocenters. The van der Waals surface area contributed by atoms with Crippen molar-refractivity contribution in [3.05, 3.63) is 13.8 Å².